The Morgan fingerprint density at radius 2 is 1.54 bits per heavy atom. The molecule has 1 aromatic carbocycles. The Morgan fingerprint density at radius 3 is 2.00 bits per heavy atom. The number of likely N-dealkylation sites (tertiary alicyclic amines) is 1. The van der Waals surface area contributed by atoms with Gasteiger partial charge in [-0.3, -0.25) is 24.1 Å². The average Bonchev–Trinajstić information content (AvgIpc) is 3.26. The van der Waals surface area contributed by atoms with E-state index < -0.39 is 11.9 Å². The fourth-order valence-corrected chi connectivity index (χ4v) is 6.78. The van der Waals surface area contributed by atoms with Crippen molar-refractivity contribution < 1.29 is 19.2 Å². The summed E-state index contributed by atoms with van der Waals surface area (Å²) in [7, 11) is 0. The molecule has 3 amide bonds. The number of halogens is 2. The second-order valence-electron chi connectivity index (χ2n) is 7.85. The summed E-state index contributed by atoms with van der Waals surface area (Å²) in [6.45, 7) is 3.05. The SMILES string of the molecule is CC(=O)c1ccc(NC(=O)[C@H](C)N2C(=O)[C@@H]3[C@H]4C[C@@H]([C@H](Br)[C@H]4Br)[C@@H]3C2=O)cc1. The minimum absolute atomic E-state index is 0.0594. The molecule has 0 spiro atoms. The maximum absolute atomic E-state index is 13.0. The molecule has 1 saturated heterocycles. The van der Waals surface area contributed by atoms with Gasteiger partial charge in [-0.2, -0.15) is 0 Å². The number of benzene rings is 1. The predicted molar refractivity (Wildman–Crippen MR) is 110 cm³/mol. The highest BCUT2D eigenvalue weighted by atomic mass is 79.9. The summed E-state index contributed by atoms with van der Waals surface area (Å²) in [4.78, 5) is 51.6. The zero-order valence-electron chi connectivity index (χ0n) is 15.4. The Morgan fingerprint density at radius 1 is 1.04 bits per heavy atom. The van der Waals surface area contributed by atoms with Crippen molar-refractivity contribution in [3.8, 4) is 0 Å². The molecule has 6 nitrogen and oxygen atoms in total. The molecule has 0 radical (unpaired) electrons. The Kier molecular flexibility index (Phi) is 4.98. The van der Waals surface area contributed by atoms with Gasteiger partial charge in [0.05, 0.1) is 11.8 Å². The minimum atomic E-state index is -0.889. The van der Waals surface area contributed by atoms with Gasteiger partial charge in [-0.25, -0.2) is 0 Å². The molecule has 2 bridgehead atoms. The number of carbonyl (C=O) groups excluding carboxylic acids is 4. The molecule has 1 aromatic rings. The predicted octanol–water partition coefficient (Wildman–Crippen LogP) is 2.99. The number of Topliss-reactive ketones (excluding diaryl/α,β-unsaturated/α-hetero) is 1. The maximum Gasteiger partial charge on any atom is 0.247 e. The molecule has 3 fully saturated rings. The van der Waals surface area contributed by atoms with Crippen molar-refractivity contribution in [2.75, 3.05) is 5.32 Å². The summed E-state index contributed by atoms with van der Waals surface area (Å²) in [6.07, 6.45) is 0.857. The highest BCUT2D eigenvalue weighted by Gasteiger charge is 2.67. The van der Waals surface area contributed by atoms with Crippen LogP contribution in [0.15, 0.2) is 24.3 Å². The largest absolute Gasteiger partial charge is 0.324 e. The number of rotatable bonds is 4. The first-order chi connectivity index (χ1) is 13.2. The molecule has 1 N–H and O–H groups in total. The summed E-state index contributed by atoms with van der Waals surface area (Å²) < 4.78 is 0. The van der Waals surface area contributed by atoms with Crippen molar-refractivity contribution in [1.29, 1.82) is 0 Å². The van der Waals surface area contributed by atoms with Gasteiger partial charge < -0.3 is 5.32 Å². The van der Waals surface area contributed by atoms with Gasteiger partial charge in [-0.1, -0.05) is 31.9 Å². The van der Waals surface area contributed by atoms with Crippen LogP contribution >= 0.6 is 31.9 Å². The van der Waals surface area contributed by atoms with Crippen molar-refractivity contribution >= 4 is 61.1 Å². The van der Waals surface area contributed by atoms with Gasteiger partial charge in [0.1, 0.15) is 6.04 Å². The van der Waals surface area contributed by atoms with Crippen LogP contribution in [-0.4, -0.2) is 44.1 Å². The number of ketones is 1. The number of fused-ring (bicyclic) bond motifs is 5. The number of hydrogen-bond donors (Lipinski definition) is 1. The van der Waals surface area contributed by atoms with Crippen molar-refractivity contribution in [1.82, 2.24) is 4.90 Å². The van der Waals surface area contributed by atoms with E-state index >= 15 is 0 Å². The Bertz CT molecular complexity index is 839. The first kappa shape index (κ1) is 19.8. The molecule has 4 rings (SSSR count). The molecule has 8 heteroatoms. The Labute approximate surface area is 179 Å². The van der Waals surface area contributed by atoms with Gasteiger partial charge in [0.15, 0.2) is 5.78 Å². The lowest BCUT2D eigenvalue weighted by molar-refractivity contribution is -0.146. The van der Waals surface area contributed by atoms with Crippen molar-refractivity contribution in [3.05, 3.63) is 29.8 Å². The zero-order chi connectivity index (χ0) is 20.3. The van der Waals surface area contributed by atoms with E-state index in [1.807, 2.05) is 0 Å². The monoisotopic (exact) mass is 510 g/mol. The summed E-state index contributed by atoms with van der Waals surface area (Å²) in [5.41, 5.74) is 1.06. The highest BCUT2D eigenvalue weighted by Crippen LogP contribution is 2.60. The molecule has 148 valence electrons. The van der Waals surface area contributed by atoms with Crippen molar-refractivity contribution in [2.45, 2.75) is 36.0 Å². The molecule has 0 unspecified atom stereocenters. The first-order valence-electron chi connectivity index (χ1n) is 9.29. The molecule has 0 aromatic heterocycles. The third-order valence-corrected chi connectivity index (χ3v) is 9.55. The van der Waals surface area contributed by atoms with E-state index in [4.69, 9.17) is 0 Å². The van der Waals surface area contributed by atoms with Gasteiger partial charge in [-0.15, -0.1) is 0 Å². The number of carbonyl (C=O) groups is 4. The van der Waals surface area contributed by atoms with Crippen LogP contribution < -0.4 is 5.32 Å². The summed E-state index contributed by atoms with van der Waals surface area (Å²) >= 11 is 7.32. The fraction of sp³-hybridized carbons (Fsp3) is 0.500. The van der Waals surface area contributed by atoms with Gasteiger partial charge in [0.25, 0.3) is 0 Å². The van der Waals surface area contributed by atoms with Gasteiger partial charge >= 0.3 is 0 Å². The number of nitrogens with one attached hydrogen (secondary N) is 1. The maximum atomic E-state index is 13.0. The third-order valence-electron chi connectivity index (χ3n) is 6.35. The number of hydrogen-bond acceptors (Lipinski definition) is 4. The van der Waals surface area contributed by atoms with Gasteiger partial charge in [0.2, 0.25) is 17.7 Å². The zero-order valence-corrected chi connectivity index (χ0v) is 18.6. The lowest BCUT2D eigenvalue weighted by atomic mass is 9.81. The molecular formula is C20H20Br2N2O4. The second kappa shape index (κ2) is 7.06. The van der Waals surface area contributed by atoms with Crippen molar-refractivity contribution in [2.24, 2.45) is 23.7 Å². The lowest BCUT2D eigenvalue weighted by Gasteiger charge is -2.28. The molecule has 1 heterocycles. The molecule has 28 heavy (non-hydrogen) atoms. The highest BCUT2D eigenvalue weighted by molar-refractivity contribution is 9.12. The first-order valence-corrected chi connectivity index (χ1v) is 11.1. The van der Waals surface area contributed by atoms with Crippen LogP contribution in [0, 0.1) is 23.7 Å². The summed E-state index contributed by atoms with van der Waals surface area (Å²) in [6, 6.07) is 5.63. The number of anilines is 1. The number of imide groups is 1. The standard InChI is InChI=1S/C20H20Br2N2O4/c1-8(18(26)23-11-5-3-10(4-6-11)9(2)25)24-19(27)14-12-7-13(15(14)20(24)28)17(22)16(12)21/h3-6,8,12-17H,7H2,1-2H3,(H,23,26)/t8-,12+,13+,14-,15+,16-,17-/m0/s1. The molecule has 1 aliphatic heterocycles. The molecule has 3 aliphatic rings. The fourth-order valence-electron chi connectivity index (χ4n) is 4.91. The third kappa shape index (κ3) is 2.87. The van der Waals surface area contributed by atoms with Crippen molar-refractivity contribution in [3.63, 3.8) is 0 Å². The van der Waals surface area contributed by atoms with Gasteiger partial charge in [0, 0.05) is 20.9 Å². The van der Waals surface area contributed by atoms with Crippen LogP contribution in [0.1, 0.15) is 30.6 Å². The molecular weight excluding hydrogens is 492 g/mol. The molecule has 2 aliphatic carbocycles. The Balaban J connectivity index is 1.50. The molecule has 2 saturated carbocycles. The van der Waals surface area contributed by atoms with E-state index in [0.717, 1.165) is 11.3 Å². The number of nitrogens with zero attached hydrogens (tertiary/aromatic N) is 1. The normalized spacial score (nSPS) is 34.5. The van der Waals surface area contributed by atoms with Crippen LogP contribution in [0.25, 0.3) is 0 Å². The average molecular weight is 512 g/mol. The van der Waals surface area contributed by atoms with Gasteiger partial charge in [-0.05, 0) is 56.4 Å². The minimum Gasteiger partial charge on any atom is -0.324 e. The second-order valence-corrected chi connectivity index (χ2v) is 9.96. The van der Waals surface area contributed by atoms with E-state index in [0.29, 0.717) is 11.3 Å². The lowest BCUT2D eigenvalue weighted by Crippen LogP contribution is -2.46. The smallest absolute Gasteiger partial charge is 0.247 e. The van der Waals surface area contributed by atoms with Crippen LogP contribution in [0.5, 0.6) is 0 Å². The van der Waals surface area contributed by atoms with Crippen LogP contribution in [-0.2, 0) is 14.4 Å². The van der Waals surface area contributed by atoms with Crippen LogP contribution in [0.2, 0.25) is 0 Å². The summed E-state index contributed by atoms with van der Waals surface area (Å²) in [5, 5.41) is 2.73. The van der Waals surface area contributed by atoms with Crippen LogP contribution in [0.3, 0.4) is 0 Å². The molecule has 7 atom stereocenters. The number of alkyl halides is 2. The summed E-state index contributed by atoms with van der Waals surface area (Å²) in [5.74, 6) is -1.37. The van der Waals surface area contributed by atoms with E-state index in [-0.39, 0.29) is 50.9 Å². The van der Waals surface area contributed by atoms with Crippen LogP contribution in [0.4, 0.5) is 5.69 Å². The Hall–Kier alpha value is -1.54. The van der Waals surface area contributed by atoms with E-state index in [9.17, 15) is 19.2 Å². The number of amides is 3. The van der Waals surface area contributed by atoms with E-state index in [2.05, 4.69) is 37.2 Å². The van der Waals surface area contributed by atoms with E-state index in [1.165, 1.54) is 6.92 Å². The topological polar surface area (TPSA) is 83.6 Å². The quantitative estimate of drug-likeness (QED) is 0.382. The van der Waals surface area contributed by atoms with E-state index in [1.54, 1.807) is 31.2 Å².